The molecule has 1 aromatic carbocycles. The third-order valence-corrected chi connectivity index (χ3v) is 2.21. The molecule has 1 N–H and O–H groups in total. The molecule has 0 aromatic heterocycles. The van der Waals surface area contributed by atoms with Crippen LogP contribution in [0.25, 0.3) is 0 Å². The monoisotopic (exact) mass is 222 g/mol. The lowest BCUT2D eigenvalue weighted by Gasteiger charge is -2.08. The number of carbonyl (C=O) groups is 2. The van der Waals surface area contributed by atoms with Crippen LogP contribution in [0.15, 0.2) is 12.1 Å². The van der Waals surface area contributed by atoms with Gasteiger partial charge >= 0.3 is 5.97 Å². The Labute approximate surface area is 93.9 Å². The lowest BCUT2D eigenvalue weighted by molar-refractivity contribution is 0.0523. The molecule has 0 radical (unpaired) electrons. The maximum atomic E-state index is 11.6. The molecule has 0 aliphatic rings. The number of ether oxygens (including phenoxy) is 1. The number of phenols is 1. The predicted molar refractivity (Wildman–Crippen MR) is 58.8 cm³/mol. The number of esters is 1. The van der Waals surface area contributed by atoms with E-state index in [0.29, 0.717) is 5.56 Å². The second-order valence-corrected chi connectivity index (χ2v) is 3.46. The average Bonchev–Trinajstić information content (AvgIpc) is 2.21. The molecule has 0 saturated carbocycles. The molecule has 86 valence electrons. The summed E-state index contributed by atoms with van der Waals surface area (Å²) in [7, 11) is 0. The van der Waals surface area contributed by atoms with Crippen molar-refractivity contribution in [2.75, 3.05) is 6.61 Å². The molecule has 0 atom stereocenters. The minimum atomic E-state index is -0.546. The van der Waals surface area contributed by atoms with Crippen molar-refractivity contribution in [3.05, 3.63) is 28.8 Å². The van der Waals surface area contributed by atoms with Gasteiger partial charge in [-0.2, -0.15) is 0 Å². The molecule has 0 aliphatic carbocycles. The van der Waals surface area contributed by atoms with Crippen molar-refractivity contribution < 1.29 is 19.4 Å². The molecular formula is C12H14O4. The highest BCUT2D eigenvalue weighted by Crippen LogP contribution is 2.23. The van der Waals surface area contributed by atoms with E-state index in [1.165, 1.54) is 19.1 Å². The number of carbonyl (C=O) groups excluding carboxylic acids is 2. The van der Waals surface area contributed by atoms with Crippen molar-refractivity contribution in [3.8, 4) is 5.75 Å². The fourth-order valence-electron chi connectivity index (χ4n) is 1.37. The maximum absolute atomic E-state index is 11.6. The van der Waals surface area contributed by atoms with E-state index >= 15 is 0 Å². The molecule has 4 heteroatoms. The Morgan fingerprint density at radius 2 is 1.94 bits per heavy atom. The van der Waals surface area contributed by atoms with Crippen LogP contribution in [-0.2, 0) is 4.74 Å². The number of hydrogen-bond acceptors (Lipinski definition) is 4. The van der Waals surface area contributed by atoms with Gasteiger partial charge in [0.2, 0.25) is 0 Å². The van der Waals surface area contributed by atoms with E-state index in [1.807, 2.05) is 0 Å². The third-order valence-electron chi connectivity index (χ3n) is 2.21. The first-order chi connectivity index (χ1) is 7.47. The van der Waals surface area contributed by atoms with E-state index in [-0.39, 0.29) is 29.3 Å². The second kappa shape index (κ2) is 4.79. The van der Waals surface area contributed by atoms with E-state index < -0.39 is 5.97 Å². The van der Waals surface area contributed by atoms with Gasteiger partial charge in [0.05, 0.1) is 12.2 Å². The summed E-state index contributed by atoms with van der Waals surface area (Å²) < 4.78 is 4.84. The number of rotatable bonds is 3. The van der Waals surface area contributed by atoms with Gasteiger partial charge in [0, 0.05) is 5.56 Å². The molecule has 0 aliphatic heterocycles. The Bertz CT molecular complexity index is 435. The topological polar surface area (TPSA) is 63.6 Å². The van der Waals surface area contributed by atoms with Crippen molar-refractivity contribution in [2.24, 2.45) is 0 Å². The summed E-state index contributed by atoms with van der Waals surface area (Å²) in [5, 5.41) is 9.48. The van der Waals surface area contributed by atoms with Gasteiger partial charge in [0.1, 0.15) is 5.75 Å². The molecule has 0 heterocycles. The van der Waals surface area contributed by atoms with E-state index in [4.69, 9.17) is 4.74 Å². The standard InChI is InChI=1S/C12H14O4/c1-4-16-12(15)10-5-7(2)11(14)6-9(10)8(3)13/h5-6,14H,4H2,1-3H3. The highest BCUT2D eigenvalue weighted by Gasteiger charge is 2.17. The fraction of sp³-hybridized carbons (Fsp3) is 0.333. The quantitative estimate of drug-likeness (QED) is 0.628. The predicted octanol–water partition coefficient (Wildman–Crippen LogP) is 2.08. The van der Waals surface area contributed by atoms with Crippen LogP contribution in [0, 0.1) is 6.92 Å². The van der Waals surface area contributed by atoms with Gasteiger partial charge in [0.25, 0.3) is 0 Å². The van der Waals surface area contributed by atoms with Gasteiger partial charge in [-0.15, -0.1) is 0 Å². The summed E-state index contributed by atoms with van der Waals surface area (Å²) >= 11 is 0. The van der Waals surface area contributed by atoms with Crippen molar-refractivity contribution in [2.45, 2.75) is 20.8 Å². The van der Waals surface area contributed by atoms with E-state index in [1.54, 1.807) is 13.8 Å². The summed E-state index contributed by atoms with van der Waals surface area (Å²) in [5.74, 6) is -0.826. The van der Waals surface area contributed by atoms with Crippen LogP contribution in [0.1, 0.15) is 40.1 Å². The zero-order valence-electron chi connectivity index (χ0n) is 9.53. The summed E-state index contributed by atoms with van der Waals surface area (Å²) in [6, 6.07) is 2.76. The molecule has 1 rings (SSSR count). The highest BCUT2D eigenvalue weighted by atomic mass is 16.5. The molecule has 0 fully saturated rings. The van der Waals surface area contributed by atoms with Gasteiger partial charge in [0.15, 0.2) is 5.78 Å². The number of phenolic OH excluding ortho intramolecular Hbond substituents is 1. The van der Waals surface area contributed by atoms with Crippen molar-refractivity contribution >= 4 is 11.8 Å². The first kappa shape index (κ1) is 12.2. The molecule has 0 saturated heterocycles. The van der Waals surface area contributed by atoms with E-state index in [9.17, 15) is 14.7 Å². The zero-order chi connectivity index (χ0) is 12.3. The van der Waals surface area contributed by atoms with Gasteiger partial charge in [-0.3, -0.25) is 4.79 Å². The number of benzene rings is 1. The molecule has 0 bridgehead atoms. The Morgan fingerprint density at radius 1 is 1.31 bits per heavy atom. The van der Waals surface area contributed by atoms with Crippen LogP contribution < -0.4 is 0 Å². The van der Waals surface area contributed by atoms with Gasteiger partial charge in [-0.25, -0.2) is 4.79 Å². The van der Waals surface area contributed by atoms with Gasteiger partial charge in [-0.1, -0.05) is 0 Å². The number of ketones is 1. The maximum Gasteiger partial charge on any atom is 0.338 e. The SMILES string of the molecule is CCOC(=O)c1cc(C)c(O)cc1C(C)=O. The molecule has 0 spiro atoms. The van der Waals surface area contributed by atoms with Crippen molar-refractivity contribution in [1.29, 1.82) is 0 Å². The zero-order valence-corrected chi connectivity index (χ0v) is 9.53. The van der Waals surface area contributed by atoms with Crippen LogP contribution >= 0.6 is 0 Å². The highest BCUT2D eigenvalue weighted by molar-refractivity contribution is 6.05. The summed E-state index contributed by atoms with van der Waals surface area (Å²) in [5.41, 5.74) is 0.916. The second-order valence-electron chi connectivity index (χ2n) is 3.46. The molecular weight excluding hydrogens is 208 g/mol. The van der Waals surface area contributed by atoms with Crippen LogP contribution in [-0.4, -0.2) is 23.5 Å². The van der Waals surface area contributed by atoms with Crippen molar-refractivity contribution in [3.63, 3.8) is 0 Å². The first-order valence-electron chi connectivity index (χ1n) is 4.99. The van der Waals surface area contributed by atoms with Gasteiger partial charge in [-0.05, 0) is 38.5 Å². The average molecular weight is 222 g/mol. The normalized spacial score (nSPS) is 9.94. The minimum Gasteiger partial charge on any atom is -0.508 e. The van der Waals surface area contributed by atoms with Crippen LogP contribution in [0.2, 0.25) is 0 Å². The first-order valence-corrected chi connectivity index (χ1v) is 4.99. The fourth-order valence-corrected chi connectivity index (χ4v) is 1.37. The molecule has 0 unspecified atom stereocenters. The van der Waals surface area contributed by atoms with Crippen LogP contribution in [0.3, 0.4) is 0 Å². The summed E-state index contributed by atoms with van der Waals surface area (Å²) in [6.45, 7) is 4.93. The summed E-state index contributed by atoms with van der Waals surface area (Å²) in [6.07, 6.45) is 0. The van der Waals surface area contributed by atoms with E-state index in [0.717, 1.165) is 0 Å². The number of aryl methyl sites for hydroxylation is 1. The largest absolute Gasteiger partial charge is 0.508 e. The van der Waals surface area contributed by atoms with E-state index in [2.05, 4.69) is 0 Å². The van der Waals surface area contributed by atoms with Crippen molar-refractivity contribution in [1.82, 2.24) is 0 Å². The van der Waals surface area contributed by atoms with Crippen LogP contribution in [0.5, 0.6) is 5.75 Å². The number of aromatic hydroxyl groups is 1. The van der Waals surface area contributed by atoms with Gasteiger partial charge < -0.3 is 9.84 Å². The van der Waals surface area contributed by atoms with Crippen LogP contribution in [0.4, 0.5) is 0 Å². The minimum absolute atomic E-state index is 0.00162. The molecule has 4 nitrogen and oxygen atoms in total. The Hall–Kier alpha value is -1.84. The summed E-state index contributed by atoms with van der Waals surface area (Å²) in [4.78, 5) is 22.9. The molecule has 1 aromatic rings. The lowest BCUT2D eigenvalue weighted by Crippen LogP contribution is -2.10. The lowest BCUT2D eigenvalue weighted by atomic mass is 10.0. The Kier molecular flexibility index (Phi) is 3.66. The smallest absolute Gasteiger partial charge is 0.338 e. The number of Topliss-reactive ketones (excluding diaryl/α,β-unsaturated/α-hetero) is 1. The molecule has 16 heavy (non-hydrogen) atoms. The Balaban J connectivity index is 3.30. The molecule has 0 amide bonds. The Morgan fingerprint density at radius 3 is 2.44 bits per heavy atom. The number of hydrogen-bond donors (Lipinski definition) is 1. The third kappa shape index (κ3) is 2.39.